The zero-order valence-electron chi connectivity index (χ0n) is 10.7. The minimum Gasteiger partial charge on any atom is -0.371 e. The lowest BCUT2D eigenvalue weighted by molar-refractivity contribution is 0.647. The second-order valence-corrected chi connectivity index (χ2v) is 4.87. The molecule has 1 aromatic carbocycles. The van der Waals surface area contributed by atoms with E-state index in [-0.39, 0.29) is 0 Å². The Morgan fingerprint density at radius 3 is 2.82 bits per heavy atom. The summed E-state index contributed by atoms with van der Waals surface area (Å²) in [6.45, 7) is 3.24. The van der Waals surface area contributed by atoms with E-state index in [1.165, 1.54) is 30.7 Å². The van der Waals surface area contributed by atoms with Crippen molar-refractivity contribution in [2.45, 2.75) is 45.1 Å². The van der Waals surface area contributed by atoms with Gasteiger partial charge in [-0.15, -0.1) is 0 Å². The molecule has 0 saturated heterocycles. The lowest BCUT2D eigenvalue weighted by Crippen LogP contribution is -2.34. The molecule has 1 heterocycles. The first kappa shape index (κ1) is 12.2. The topological polar surface area (TPSA) is 24.4 Å². The van der Waals surface area contributed by atoms with Crippen LogP contribution in [0.25, 0.3) is 0 Å². The molecule has 0 aromatic heterocycles. The Balaban J connectivity index is 1.84. The Hall–Kier alpha value is -1.31. The van der Waals surface area contributed by atoms with Crippen LogP contribution in [0.2, 0.25) is 0 Å². The van der Waals surface area contributed by atoms with Crippen molar-refractivity contribution in [1.29, 1.82) is 0 Å². The van der Waals surface area contributed by atoms with Crippen molar-refractivity contribution < 1.29 is 0 Å². The average molecular weight is 230 g/mol. The second-order valence-electron chi connectivity index (χ2n) is 4.87. The summed E-state index contributed by atoms with van der Waals surface area (Å²) in [7, 11) is 0. The van der Waals surface area contributed by atoms with Crippen LogP contribution < -0.4 is 5.32 Å². The van der Waals surface area contributed by atoms with Crippen molar-refractivity contribution in [2.24, 2.45) is 4.99 Å². The zero-order chi connectivity index (χ0) is 11.9. The van der Waals surface area contributed by atoms with Gasteiger partial charge >= 0.3 is 0 Å². The van der Waals surface area contributed by atoms with Gasteiger partial charge in [0, 0.05) is 19.0 Å². The van der Waals surface area contributed by atoms with Crippen LogP contribution in [-0.2, 0) is 6.42 Å². The molecule has 1 unspecified atom stereocenters. The van der Waals surface area contributed by atoms with Gasteiger partial charge in [-0.05, 0) is 31.7 Å². The number of nitrogens with one attached hydrogen (secondary N) is 1. The highest BCUT2D eigenvalue weighted by molar-refractivity contribution is 5.82. The first-order valence-corrected chi connectivity index (χ1v) is 6.68. The van der Waals surface area contributed by atoms with Crippen molar-refractivity contribution in [3.8, 4) is 0 Å². The van der Waals surface area contributed by atoms with Crippen LogP contribution in [0.1, 0.15) is 38.2 Å². The number of amidine groups is 1. The normalized spacial score (nSPS) is 18.1. The summed E-state index contributed by atoms with van der Waals surface area (Å²) in [4.78, 5) is 4.61. The van der Waals surface area contributed by atoms with Crippen LogP contribution in [-0.4, -0.2) is 18.4 Å². The number of benzene rings is 1. The SMILES string of the molecule is CC(Cc1ccccc1)NC1=NCCCCC1. The first-order chi connectivity index (χ1) is 8.34. The molecule has 0 amide bonds. The minimum absolute atomic E-state index is 0.467. The molecular formula is C15H22N2. The van der Waals surface area contributed by atoms with E-state index < -0.39 is 0 Å². The lowest BCUT2D eigenvalue weighted by Gasteiger charge is -2.16. The van der Waals surface area contributed by atoms with Crippen molar-refractivity contribution in [3.63, 3.8) is 0 Å². The van der Waals surface area contributed by atoms with Crippen LogP contribution >= 0.6 is 0 Å². The summed E-state index contributed by atoms with van der Waals surface area (Å²) in [5.41, 5.74) is 1.39. The summed E-state index contributed by atoms with van der Waals surface area (Å²) < 4.78 is 0. The quantitative estimate of drug-likeness (QED) is 0.847. The van der Waals surface area contributed by atoms with Gasteiger partial charge in [0.05, 0.1) is 5.84 Å². The standard InChI is InChI=1S/C15H22N2/c1-13(12-14-8-4-2-5-9-14)17-15-10-6-3-7-11-16-15/h2,4-5,8-9,13H,3,6-7,10-12H2,1H3,(H,16,17). The van der Waals surface area contributed by atoms with Gasteiger partial charge in [0.15, 0.2) is 0 Å². The van der Waals surface area contributed by atoms with Crippen molar-refractivity contribution in [2.75, 3.05) is 6.54 Å². The maximum Gasteiger partial charge on any atom is 0.0965 e. The number of nitrogens with zero attached hydrogens (tertiary/aromatic N) is 1. The monoisotopic (exact) mass is 230 g/mol. The number of hydrogen-bond acceptors (Lipinski definition) is 2. The summed E-state index contributed by atoms with van der Waals surface area (Å²) in [6.07, 6.45) is 6.04. The molecule has 1 atom stereocenters. The van der Waals surface area contributed by atoms with E-state index in [9.17, 15) is 0 Å². The van der Waals surface area contributed by atoms with Crippen LogP contribution in [0.4, 0.5) is 0 Å². The second kappa shape index (κ2) is 6.43. The number of hydrogen-bond donors (Lipinski definition) is 1. The molecule has 92 valence electrons. The van der Waals surface area contributed by atoms with E-state index in [4.69, 9.17) is 0 Å². The molecular weight excluding hydrogens is 208 g/mol. The molecule has 0 saturated carbocycles. The highest BCUT2D eigenvalue weighted by atomic mass is 15.0. The fourth-order valence-electron chi connectivity index (χ4n) is 2.30. The van der Waals surface area contributed by atoms with Crippen molar-refractivity contribution in [3.05, 3.63) is 35.9 Å². The molecule has 0 radical (unpaired) electrons. The number of aliphatic imine (C=N–C) groups is 1. The molecule has 0 fully saturated rings. The fourth-order valence-corrected chi connectivity index (χ4v) is 2.30. The van der Waals surface area contributed by atoms with Crippen LogP contribution in [0.3, 0.4) is 0 Å². The van der Waals surface area contributed by atoms with E-state index >= 15 is 0 Å². The molecule has 2 rings (SSSR count). The van der Waals surface area contributed by atoms with E-state index in [2.05, 4.69) is 47.6 Å². The fraction of sp³-hybridized carbons (Fsp3) is 0.533. The Morgan fingerprint density at radius 2 is 2.00 bits per heavy atom. The van der Waals surface area contributed by atoms with Gasteiger partial charge in [-0.25, -0.2) is 0 Å². The summed E-state index contributed by atoms with van der Waals surface area (Å²) in [5.74, 6) is 1.21. The lowest BCUT2D eigenvalue weighted by atomic mass is 10.1. The molecule has 2 heteroatoms. The molecule has 0 bridgehead atoms. The molecule has 1 aromatic rings. The van der Waals surface area contributed by atoms with Crippen molar-refractivity contribution in [1.82, 2.24) is 5.32 Å². The van der Waals surface area contributed by atoms with Gasteiger partial charge in [-0.2, -0.15) is 0 Å². The maximum atomic E-state index is 4.61. The Bertz CT molecular complexity index is 356. The van der Waals surface area contributed by atoms with Gasteiger partial charge in [0.1, 0.15) is 0 Å². The highest BCUT2D eigenvalue weighted by Gasteiger charge is 2.08. The maximum absolute atomic E-state index is 4.61. The molecule has 0 aliphatic carbocycles. The summed E-state index contributed by atoms with van der Waals surface area (Å²) in [5, 5.41) is 3.56. The predicted octanol–water partition coefficient (Wildman–Crippen LogP) is 3.18. The van der Waals surface area contributed by atoms with Gasteiger partial charge in [-0.3, -0.25) is 4.99 Å². The van der Waals surface area contributed by atoms with E-state index in [0.29, 0.717) is 6.04 Å². The predicted molar refractivity (Wildman–Crippen MR) is 73.5 cm³/mol. The van der Waals surface area contributed by atoms with Gasteiger partial charge in [0.2, 0.25) is 0 Å². The Morgan fingerprint density at radius 1 is 1.18 bits per heavy atom. The highest BCUT2D eigenvalue weighted by Crippen LogP contribution is 2.08. The molecule has 2 nitrogen and oxygen atoms in total. The van der Waals surface area contributed by atoms with Crippen LogP contribution in [0, 0.1) is 0 Å². The van der Waals surface area contributed by atoms with Crippen LogP contribution in [0.5, 0.6) is 0 Å². The third kappa shape index (κ3) is 4.22. The van der Waals surface area contributed by atoms with E-state index in [1.807, 2.05) is 0 Å². The smallest absolute Gasteiger partial charge is 0.0965 e. The molecule has 1 aliphatic rings. The Labute approximate surface area is 104 Å². The Kier molecular flexibility index (Phi) is 4.60. The third-order valence-corrected chi connectivity index (χ3v) is 3.17. The van der Waals surface area contributed by atoms with E-state index in [0.717, 1.165) is 19.4 Å². The molecule has 17 heavy (non-hydrogen) atoms. The third-order valence-electron chi connectivity index (χ3n) is 3.17. The largest absolute Gasteiger partial charge is 0.371 e. The minimum atomic E-state index is 0.467. The molecule has 0 spiro atoms. The summed E-state index contributed by atoms with van der Waals surface area (Å²) in [6, 6.07) is 11.1. The average Bonchev–Trinajstić information content (AvgIpc) is 2.59. The van der Waals surface area contributed by atoms with Crippen LogP contribution in [0.15, 0.2) is 35.3 Å². The summed E-state index contributed by atoms with van der Waals surface area (Å²) >= 11 is 0. The van der Waals surface area contributed by atoms with E-state index in [1.54, 1.807) is 0 Å². The molecule has 1 aliphatic heterocycles. The van der Waals surface area contributed by atoms with Gasteiger partial charge < -0.3 is 5.32 Å². The van der Waals surface area contributed by atoms with Gasteiger partial charge in [0.25, 0.3) is 0 Å². The first-order valence-electron chi connectivity index (χ1n) is 6.68. The van der Waals surface area contributed by atoms with Crippen molar-refractivity contribution >= 4 is 5.84 Å². The van der Waals surface area contributed by atoms with Gasteiger partial charge in [-0.1, -0.05) is 36.8 Å². The zero-order valence-corrected chi connectivity index (χ0v) is 10.7. The number of rotatable bonds is 3. The molecule has 1 N–H and O–H groups in total.